The minimum absolute atomic E-state index is 0.735. The zero-order valence-corrected chi connectivity index (χ0v) is 13.4. The molecule has 6 nitrogen and oxygen atoms in total. The smallest absolute Gasteiger partial charge is 0.160 e. The van der Waals surface area contributed by atoms with Crippen LogP contribution in [0, 0.1) is 0 Å². The van der Waals surface area contributed by atoms with Crippen molar-refractivity contribution in [3.63, 3.8) is 0 Å². The fraction of sp³-hybridized carbons (Fsp3) is 0.0588. The molecule has 0 aliphatic heterocycles. The first kappa shape index (κ1) is 13.4. The van der Waals surface area contributed by atoms with Crippen molar-refractivity contribution in [2.75, 3.05) is 0 Å². The molecule has 0 atom stereocenters. The van der Waals surface area contributed by atoms with Crippen LogP contribution in [0.1, 0.15) is 5.56 Å². The molecular weight excluding hydrogens is 320 g/mol. The van der Waals surface area contributed by atoms with E-state index in [0.29, 0.717) is 0 Å². The Morgan fingerprint density at radius 2 is 2.04 bits per heavy atom. The van der Waals surface area contributed by atoms with Crippen molar-refractivity contribution in [2.45, 2.75) is 6.54 Å². The summed E-state index contributed by atoms with van der Waals surface area (Å²) in [7, 11) is 0. The molecule has 0 unspecified atom stereocenters. The van der Waals surface area contributed by atoms with Crippen molar-refractivity contribution in [1.82, 2.24) is 29.3 Å². The van der Waals surface area contributed by atoms with Crippen LogP contribution < -0.4 is 0 Å². The second-order valence-corrected chi connectivity index (χ2v) is 6.40. The van der Waals surface area contributed by atoms with Crippen LogP contribution in [-0.4, -0.2) is 29.3 Å². The molecule has 0 radical (unpaired) electrons. The van der Waals surface area contributed by atoms with E-state index in [1.54, 1.807) is 22.2 Å². The topological polar surface area (TPSA) is 61.4 Å². The third-order valence-electron chi connectivity index (χ3n) is 3.96. The highest BCUT2D eigenvalue weighted by molar-refractivity contribution is 7.16. The van der Waals surface area contributed by atoms with Crippen molar-refractivity contribution < 1.29 is 0 Å². The normalized spacial score (nSPS) is 11.5. The van der Waals surface area contributed by atoms with Gasteiger partial charge in [-0.1, -0.05) is 6.07 Å². The molecule has 0 spiro atoms. The Balaban J connectivity index is 1.52. The van der Waals surface area contributed by atoms with Crippen molar-refractivity contribution in [3.8, 4) is 5.69 Å². The zero-order valence-electron chi connectivity index (χ0n) is 12.6. The van der Waals surface area contributed by atoms with Crippen LogP contribution in [0.15, 0.2) is 60.8 Å². The van der Waals surface area contributed by atoms with Gasteiger partial charge < -0.3 is 4.57 Å². The third-order valence-corrected chi connectivity index (χ3v) is 4.75. The van der Waals surface area contributed by atoms with Crippen LogP contribution in [0.3, 0.4) is 0 Å². The average Bonchev–Trinajstić information content (AvgIpc) is 3.35. The van der Waals surface area contributed by atoms with Crippen molar-refractivity contribution in [2.24, 2.45) is 0 Å². The van der Waals surface area contributed by atoms with E-state index in [1.165, 1.54) is 10.3 Å². The maximum absolute atomic E-state index is 4.58. The highest BCUT2D eigenvalue weighted by atomic mass is 32.1. The summed E-state index contributed by atoms with van der Waals surface area (Å²) in [5.41, 5.74) is 6.77. The van der Waals surface area contributed by atoms with E-state index in [9.17, 15) is 0 Å². The zero-order chi connectivity index (χ0) is 15.9. The predicted molar refractivity (Wildman–Crippen MR) is 93.4 cm³/mol. The predicted octanol–water partition coefficient (Wildman–Crippen LogP) is 3.28. The molecule has 0 bridgehead atoms. The van der Waals surface area contributed by atoms with Crippen LogP contribution in [-0.2, 0) is 6.54 Å². The Bertz CT molecular complexity index is 1140. The SMILES string of the molecule is c1cnn(-c2cnc3c(c2)ncn3Cc2ccc3ncsc3c2)c1. The molecule has 5 aromatic rings. The standard InChI is InChI=1S/C17H12N6S/c1-4-21-23(5-1)13-7-15-17(18-8-13)22(10-19-15)9-12-2-3-14-16(6-12)24-11-20-14/h1-8,10-11H,9H2. The quantitative estimate of drug-likeness (QED) is 0.509. The van der Waals surface area contributed by atoms with Crippen molar-refractivity contribution >= 4 is 32.7 Å². The maximum atomic E-state index is 4.58. The van der Waals surface area contributed by atoms with Gasteiger partial charge in [0.25, 0.3) is 0 Å². The van der Waals surface area contributed by atoms with Gasteiger partial charge in [0.2, 0.25) is 0 Å². The highest BCUT2D eigenvalue weighted by Gasteiger charge is 2.08. The molecule has 0 aliphatic carbocycles. The summed E-state index contributed by atoms with van der Waals surface area (Å²) in [6.45, 7) is 0.735. The largest absolute Gasteiger partial charge is 0.311 e. The van der Waals surface area contributed by atoms with E-state index in [4.69, 9.17) is 0 Å². The molecule has 7 heteroatoms. The van der Waals surface area contributed by atoms with Crippen LogP contribution in [0.25, 0.3) is 27.1 Å². The van der Waals surface area contributed by atoms with Gasteiger partial charge >= 0.3 is 0 Å². The summed E-state index contributed by atoms with van der Waals surface area (Å²) in [5.74, 6) is 0. The van der Waals surface area contributed by atoms with E-state index >= 15 is 0 Å². The number of imidazole rings is 1. The summed E-state index contributed by atoms with van der Waals surface area (Å²) >= 11 is 1.66. The van der Waals surface area contributed by atoms with Gasteiger partial charge in [-0.3, -0.25) is 0 Å². The van der Waals surface area contributed by atoms with Gasteiger partial charge in [-0.05, 0) is 29.8 Å². The van der Waals surface area contributed by atoms with E-state index in [2.05, 4.69) is 42.8 Å². The number of rotatable bonds is 3. The third kappa shape index (κ3) is 2.17. The Hall–Kier alpha value is -3.06. The number of thiazole rings is 1. The molecule has 24 heavy (non-hydrogen) atoms. The monoisotopic (exact) mass is 332 g/mol. The Labute approximate surface area is 141 Å². The maximum Gasteiger partial charge on any atom is 0.160 e. The molecule has 116 valence electrons. The number of pyridine rings is 1. The molecule has 4 aromatic heterocycles. The fourth-order valence-electron chi connectivity index (χ4n) is 2.80. The number of nitrogens with zero attached hydrogens (tertiary/aromatic N) is 6. The van der Waals surface area contributed by atoms with E-state index < -0.39 is 0 Å². The highest BCUT2D eigenvalue weighted by Crippen LogP contribution is 2.21. The first-order valence-corrected chi connectivity index (χ1v) is 8.38. The molecule has 0 amide bonds. The Kier molecular flexibility index (Phi) is 2.92. The van der Waals surface area contributed by atoms with Crippen LogP contribution in [0.2, 0.25) is 0 Å². The number of benzene rings is 1. The van der Waals surface area contributed by atoms with Gasteiger partial charge in [0.05, 0.1) is 40.5 Å². The minimum atomic E-state index is 0.735. The van der Waals surface area contributed by atoms with Crippen molar-refractivity contribution in [3.05, 3.63) is 66.3 Å². The lowest BCUT2D eigenvalue weighted by Gasteiger charge is -2.05. The van der Waals surface area contributed by atoms with Gasteiger partial charge in [0, 0.05) is 12.4 Å². The lowest BCUT2D eigenvalue weighted by molar-refractivity contribution is 0.813. The molecule has 5 rings (SSSR count). The Morgan fingerprint density at radius 1 is 1.04 bits per heavy atom. The summed E-state index contributed by atoms with van der Waals surface area (Å²) < 4.78 is 5.04. The number of hydrogen-bond donors (Lipinski definition) is 0. The number of hydrogen-bond acceptors (Lipinski definition) is 5. The molecule has 1 aromatic carbocycles. The number of fused-ring (bicyclic) bond motifs is 2. The molecule has 0 saturated carbocycles. The van der Waals surface area contributed by atoms with Gasteiger partial charge in [-0.25, -0.2) is 19.6 Å². The second-order valence-electron chi connectivity index (χ2n) is 5.51. The van der Waals surface area contributed by atoms with Crippen LogP contribution >= 0.6 is 11.3 Å². The molecule has 0 aliphatic rings. The van der Waals surface area contributed by atoms with Crippen molar-refractivity contribution in [1.29, 1.82) is 0 Å². The molecule has 0 N–H and O–H groups in total. The minimum Gasteiger partial charge on any atom is -0.311 e. The Morgan fingerprint density at radius 3 is 2.96 bits per heavy atom. The summed E-state index contributed by atoms with van der Waals surface area (Å²) in [5, 5.41) is 4.23. The second kappa shape index (κ2) is 5.24. The summed E-state index contributed by atoms with van der Waals surface area (Å²) in [6, 6.07) is 10.2. The summed E-state index contributed by atoms with van der Waals surface area (Å²) in [6.07, 6.45) is 7.30. The van der Waals surface area contributed by atoms with Crippen LogP contribution in [0.4, 0.5) is 0 Å². The first-order valence-electron chi connectivity index (χ1n) is 7.50. The van der Waals surface area contributed by atoms with Gasteiger partial charge in [-0.15, -0.1) is 11.3 Å². The fourth-order valence-corrected chi connectivity index (χ4v) is 3.54. The van der Waals surface area contributed by atoms with E-state index in [-0.39, 0.29) is 0 Å². The lowest BCUT2D eigenvalue weighted by Crippen LogP contribution is -2.00. The van der Waals surface area contributed by atoms with Gasteiger partial charge in [-0.2, -0.15) is 5.10 Å². The lowest BCUT2D eigenvalue weighted by atomic mass is 10.2. The molecular formula is C17H12N6S. The molecule has 0 saturated heterocycles. The number of aromatic nitrogens is 6. The van der Waals surface area contributed by atoms with Crippen LogP contribution in [0.5, 0.6) is 0 Å². The van der Waals surface area contributed by atoms with E-state index in [1.807, 2.05) is 36.4 Å². The average molecular weight is 332 g/mol. The first-order chi connectivity index (χ1) is 11.9. The molecule has 4 heterocycles. The van der Waals surface area contributed by atoms with Gasteiger partial charge in [0.1, 0.15) is 5.52 Å². The summed E-state index contributed by atoms with van der Waals surface area (Å²) in [4.78, 5) is 13.4. The van der Waals surface area contributed by atoms with Gasteiger partial charge in [0.15, 0.2) is 5.65 Å². The van der Waals surface area contributed by atoms with E-state index in [0.717, 1.165) is 28.9 Å². The molecule has 0 fully saturated rings.